The SMILES string of the molecule is COc1cc(CP)ccc1O. The maximum Gasteiger partial charge on any atom is 0.160 e. The predicted molar refractivity (Wildman–Crippen MR) is 48.1 cm³/mol. The largest absolute Gasteiger partial charge is 0.504 e. The average molecular weight is 170 g/mol. The van der Waals surface area contributed by atoms with Crippen LogP contribution in [0.2, 0.25) is 0 Å². The third-order valence-electron chi connectivity index (χ3n) is 1.48. The van der Waals surface area contributed by atoms with E-state index < -0.39 is 0 Å². The molecule has 1 unspecified atom stereocenters. The van der Waals surface area contributed by atoms with Gasteiger partial charge in [-0.2, -0.15) is 0 Å². The molecule has 0 saturated carbocycles. The third-order valence-corrected chi connectivity index (χ3v) is 1.95. The van der Waals surface area contributed by atoms with Gasteiger partial charge in [0.25, 0.3) is 0 Å². The number of hydrogen-bond acceptors (Lipinski definition) is 2. The molecule has 0 aliphatic carbocycles. The molecule has 0 fully saturated rings. The smallest absolute Gasteiger partial charge is 0.160 e. The minimum absolute atomic E-state index is 0.190. The van der Waals surface area contributed by atoms with Crippen LogP contribution >= 0.6 is 9.24 Å². The second kappa shape index (κ2) is 3.59. The van der Waals surface area contributed by atoms with Crippen molar-refractivity contribution < 1.29 is 9.84 Å². The summed E-state index contributed by atoms with van der Waals surface area (Å²) in [7, 11) is 4.16. The van der Waals surface area contributed by atoms with E-state index >= 15 is 0 Å². The zero-order valence-corrected chi connectivity index (χ0v) is 7.53. The summed E-state index contributed by atoms with van der Waals surface area (Å²) in [6, 6.07) is 5.32. The fraction of sp³-hybridized carbons (Fsp3) is 0.250. The van der Waals surface area contributed by atoms with Crippen molar-refractivity contribution in [1.82, 2.24) is 0 Å². The van der Waals surface area contributed by atoms with E-state index in [0.717, 1.165) is 11.7 Å². The van der Waals surface area contributed by atoms with Crippen LogP contribution in [0, 0.1) is 0 Å². The Morgan fingerprint density at radius 3 is 2.82 bits per heavy atom. The lowest BCUT2D eigenvalue weighted by molar-refractivity contribution is 0.373. The number of phenolic OH excluding ortho intramolecular Hbond substituents is 1. The Morgan fingerprint density at radius 1 is 1.55 bits per heavy atom. The lowest BCUT2D eigenvalue weighted by Gasteiger charge is -2.03. The molecule has 0 aliphatic rings. The predicted octanol–water partition coefficient (Wildman–Crippen LogP) is 1.78. The van der Waals surface area contributed by atoms with E-state index in [0.29, 0.717) is 5.75 Å². The molecule has 1 N–H and O–H groups in total. The van der Waals surface area contributed by atoms with Gasteiger partial charge in [0.1, 0.15) is 0 Å². The maximum atomic E-state index is 9.20. The van der Waals surface area contributed by atoms with E-state index in [4.69, 9.17) is 4.74 Å². The van der Waals surface area contributed by atoms with Crippen molar-refractivity contribution in [3.05, 3.63) is 23.8 Å². The minimum Gasteiger partial charge on any atom is -0.504 e. The fourth-order valence-electron chi connectivity index (χ4n) is 0.849. The average Bonchev–Trinajstić information content (AvgIpc) is 2.05. The van der Waals surface area contributed by atoms with Gasteiger partial charge in [-0.25, -0.2) is 0 Å². The summed E-state index contributed by atoms with van der Waals surface area (Å²) in [6.07, 6.45) is 0.872. The van der Waals surface area contributed by atoms with E-state index in [-0.39, 0.29) is 5.75 Å². The molecular formula is C8H11O2P. The molecule has 2 nitrogen and oxygen atoms in total. The van der Waals surface area contributed by atoms with E-state index in [1.165, 1.54) is 0 Å². The second-order valence-electron chi connectivity index (χ2n) is 2.21. The van der Waals surface area contributed by atoms with Gasteiger partial charge in [0.05, 0.1) is 7.11 Å². The standard InChI is InChI=1S/C8H11O2P/c1-10-8-4-6(5-11)2-3-7(8)9/h2-4,9H,5,11H2,1H3. The number of methoxy groups -OCH3 is 1. The molecule has 1 aromatic carbocycles. The Balaban J connectivity index is 3.02. The molecule has 0 amide bonds. The molecule has 0 heterocycles. The molecule has 0 aromatic heterocycles. The summed E-state index contributed by atoms with van der Waals surface area (Å²) in [4.78, 5) is 0. The number of ether oxygens (including phenoxy) is 1. The van der Waals surface area contributed by atoms with Crippen LogP contribution in [0.4, 0.5) is 0 Å². The van der Waals surface area contributed by atoms with E-state index in [2.05, 4.69) is 9.24 Å². The van der Waals surface area contributed by atoms with Gasteiger partial charge >= 0.3 is 0 Å². The van der Waals surface area contributed by atoms with Crippen LogP contribution in [-0.2, 0) is 6.16 Å². The van der Waals surface area contributed by atoms with Gasteiger partial charge in [0.2, 0.25) is 0 Å². The van der Waals surface area contributed by atoms with Crippen molar-refractivity contribution in [3.63, 3.8) is 0 Å². The topological polar surface area (TPSA) is 29.5 Å². The highest BCUT2D eigenvalue weighted by Gasteiger charge is 1.99. The van der Waals surface area contributed by atoms with E-state index in [1.54, 1.807) is 13.2 Å². The van der Waals surface area contributed by atoms with Crippen LogP contribution in [0.3, 0.4) is 0 Å². The monoisotopic (exact) mass is 170 g/mol. The molecular weight excluding hydrogens is 159 g/mol. The lowest BCUT2D eigenvalue weighted by Crippen LogP contribution is -1.85. The maximum absolute atomic E-state index is 9.20. The first-order valence-electron chi connectivity index (χ1n) is 3.34. The molecule has 3 heteroatoms. The summed E-state index contributed by atoms with van der Waals surface area (Å²) in [5, 5.41) is 9.20. The lowest BCUT2D eigenvalue weighted by atomic mass is 10.2. The molecule has 1 aromatic rings. The third kappa shape index (κ3) is 1.84. The van der Waals surface area contributed by atoms with Gasteiger partial charge in [-0.3, -0.25) is 0 Å². The molecule has 0 bridgehead atoms. The van der Waals surface area contributed by atoms with Crippen LogP contribution < -0.4 is 4.74 Å². The summed E-state index contributed by atoms with van der Waals surface area (Å²) in [6.45, 7) is 0. The molecule has 1 rings (SSSR count). The Hall–Kier alpha value is -0.750. The molecule has 60 valence electrons. The quantitative estimate of drug-likeness (QED) is 0.685. The van der Waals surface area contributed by atoms with E-state index in [1.807, 2.05) is 12.1 Å². The highest BCUT2D eigenvalue weighted by molar-refractivity contribution is 7.15. The first-order chi connectivity index (χ1) is 5.27. The Kier molecular flexibility index (Phi) is 2.72. The number of aromatic hydroxyl groups is 1. The van der Waals surface area contributed by atoms with Gasteiger partial charge in [0.15, 0.2) is 11.5 Å². The van der Waals surface area contributed by atoms with Crippen molar-refractivity contribution in [2.75, 3.05) is 7.11 Å². The molecule has 0 spiro atoms. The fourth-order valence-corrected chi connectivity index (χ4v) is 1.10. The number of benzene rings is 1. The van der Waals surface area contributed by atoms with Gasteiger partial charge in [-0.15, -0.1) is 9.24 Å². The molecule has 0 aliphatic heterocycles. The molecule has 11 heavy (non-hydrogen) atoms. The van der Waals surface area contributed by atoms with Crippen LogP contribution in [0.1, 0.15) is 5.56 Å². The first kappa shape index (κ1) is 8.35. The van der Waals surface area contributed by atoms with Crippen LogP contribution in [0.15, 0.2) is 18.2 Å². The van der Waals surface area contributed by atoms with Crippen molar-refractivity contribution in [2.24, 2.45) is 0 Å². The molecule has 0 radical (unpaired) electrons. The van der Waals surface area contributed by atoms with Crippen LogP contribution in [-0.4, -0.2) is 12.2 Å². The van der Waals surface area contributed by atoms with E-state index in [9.17, 15) is 5.11 Å². The van der Waals surface area contributed by atoms with Crippen molar-refractivity contribution >= 4 is 9.24 Å². The van der Waals surface area contributed by atoms with Gasteiger partial charge in [-0.05, 0) is 23.9 Å². The molecule has 0 saturated heterocycles. The summed E-state index contributed by atoms with van der Waals surface area (Å²) < 4.78 is 4.93. The summed E-state index contributed by atoms with van der Waals surface area (Å²) in [5.74, 6) is 0.722. The Morgan fingerprint density at radius 2 is 2.27 bits per heavy atom. The minimum atomic E-state index is 0.190. The zero-order valence-electron chi connectivity index (χ0n) is 6.37. The number of phenols is 1. The van der Waals surface area contributed by atoms with Gasteiger partial charge < -0.3 is 9.84 Å². The van der Waals surface area contributed by atoms with Crippen molar-refractivity contribution in [2.45, 2.75) is 6.16 Å². The first-order valence-corrected chi connectivity index (χ1v) is 4.15. The van der Waals surface area contributed by atoms with Crippen LogP contribution in [0.25, 0.3) is 0 Å². The molecule has 1 atom stereocenters. The Bertz CT molecular complexity index is 248. The van der Waals surface area contributed by atoms with Crippen molar-refractivity contribution in [3.8, 4) is 11.5 Å². The van der Waals surface area contributed by atoms with Crippen molar-refractivity contribution in [1.29, 1.82) is 0 Å². The number of hydrogen-bond donors (Lipinski definition) is 1. The van der Waals surface area contributed by atoms with Gasteiger partial charge in [-0.1, -0.05) is 6.07 Å². The van der Waals surface area contributed by atoms with Crippen LogP contribution in [0.5, 0.6) is 11.5 Å². The Labute approximate surface area is 68.4 Å². The highest BCUT2D eigenvalue weighted by atomic mass is 31.0. The highest BCUT2D eigenvalue weighted by Crippen LogP contribution is 2.26. The normalized spacial score (nSPS) is 9.64. The second-order valence-corrected chi connectivity index (χ2v) is 2.62. The summed E-state index contributed by atoms with van der Waals surface area (Å²) >= 11 is 0. The zero-order chi connectivity index (χ0) is 8.27. The number of rotatable bonds is 2. The summed E-state index contributed by atoms with van der Waals surface area (Å²) in [5.41, 5.74) is 1.13. The van der Waals surface area contributed by atoms with Gasteiger partial charge in [0, 0.05) is 0 Å².